The van der Waals surface area contributed by atoms with Gasteiger partial charge in [-0.05, 0) is 23.8 Å². The maximum Gasteiger partial charge on any atom is 2.00 e. The fourth-order valence-electron chi connectivity index (χ4n) is 1.07. The monoisotopic (exact) mass is 402 g/mol. The number of hydrogen-bond donors (Lipinski definition) is 0. The van der Waals surface area contributed by atoms with Crippen LogP contribution in [0.25, 0.3) is 17.2 Å². The van der Waals surface area contributed by atoms with Crippen LogP contribution in [0.4, 0.5) is 17.6 Å². The topological polar surface area (TPSA) is 47.6 Å². The van der Waals surface area contributed by atoms with Crippen LogP contribution in [0.5, 0.6) is 0 Å². The van der Waals surface area contributed by atoms with Crippen LogP contribution in [-0.2, 0) is 27.2 Å². The quantitative estimate of drug-likeness (QED) is 0.632. The molecule has 0 spiro atoms. The average molecular weight is 402 g/mol. The second-order valence-electron chi connectivity index (χ2n) is 2.84. The van der Waals surface area contributed by atoms with E-state index in [-0.39, 0.29) is 38.5 Å². The van der Waals surface area contributed by atoms with Crippen molar-refractivity contribution in [2.75, 3.05) is 0 Å². The maximum absolute atomic E-state index is 13.0. The van der Waals surface area contributed by atoms with Crippen LogP contribution in [-0.4, -0.2) is 0 Å². The average Bonchev–Trinajstić information content (AvgIpc) is 2.85. The van der Waals surface area contributed by atoms with Gasteiger partial charge in [-0.1, -0.05) is 0 Å². The molecule has 0 radical (unpaired) electrons. The molecule has 0 unspecified atom stereocenters. The molecule has 1 aliphatic rings. The Kier molecular flexibility index (Phi) is 4.70. The Morgan fingerprint density at radius 2 is 1.69 bits per heavy atom. The molecule has 2 rings (SSSR count). The molecule has 0 fully saturated rings. The Labute approximate surface area is 104 Å². The van der Waals surface area contributed by atoms with Crippen molar-refractivity contribution in [2.45, 2.75) is 6.18 Å². The summed E-state index contributed by atoms with van der Waals surface area (Å²) in [6, 6.07) is 2.27. The first-order chi connectivity index (χ1) is 6.48. The van der Waals surface area contributed by atoms with Gasteiger partial charge < -0.3 is 11.5 Å². The third kappa shape index (κ3) is 3.06. The summed E-state index contributed by atoms with van der Waals surface area (Å²) in [6.45, 7) is 0. The van der Waals surface area contributed by atoms with Crippen molar-refractivity contribution >= 4 is 5.70 Å². The molecule has 0 bridgehead atoms. The third-order valence-electron chi connectivity index (χ3n) is 1.83. The molecule has 86 valence electrons. The molecule has 0 aromatic heterocycles. The minimum atomic E-state index is -4.45. The molecule has 0 saturated carbocycles. The van der Waals surface area contributed by atoms with Crippen molar-refractivity contribution in [1.29, 1.82) is 0 Å². The van der Waals surface area contributed by atoms with Gasteiger partial charge in [-0.25, -0.2) is 4.39 Å². The van der Waals surface area contributed by atoms with Crippen molar-refractivity contribution in [1.82, 2.24) is 0 Å². The zero-order valence-corrected chi connectivity index (χ0v) is 10.7. The molecule has 0 saturated heterocycles. The van der Waals surface area contributed by atoms with Crippen LogP contribution in [0, 0.1) is 5.82 Å². The molecule has 7 heteroatoms. The number of halogens is 4. The number of hydrogen-bond acceptors (Lipinski definition) is 0. The molecule has 16 heavy (non-hydrogen) atoms. The summed E-state index contributed by atoms with van der Waals surface area (Å²) in [6.07, 6.45) is -3.13. The SMILES string of the molecule is Fc1ccc(C(F)(F)F)cc1C1=C[N-]1.[NH2-].[W+2]. The van der Waals surface area contributed by atoms with Gasteiger partial charge >= 0.3 is 27.2 Å². The third-order valence-corrected chi connectivity index (χ3v) is 1.83. The molecule has 0 amide bonds. The van der Waals surface area contributed by atoms with E-state index in [1.165, 1.54) is 6.20 Å². The molecule has 1 heterocycles. The van der Waals surface area contributed by atoms with Crippen molar-refractivity contribution in [2.24, 2.45) is 0 Å². The van der Waals surface area contributed by atoms with E-state index in [0.29, 0.717) is 6.07 Å². The van der Waals surface area contributed by atoms with Crippen molar-refractivity contribution in [3.63, 3.8) is 0 Å². The Morgan fingerprint density at radius 1 is 1.12 bits per heavy atom. The Morgan fingerprint density at radius 3 is 2.12 bits per heavy atom. The first-order valence-corrected chi connectivity index (χ1v) is 3.76. The first-order valence-electron chi connectivity index (χ1n) is 3.76. The van der Waals surface area contributed by atoms with Gasteiger partial charge in [-0.2, -0.15) is 19.4 Å². The van der Waals surface area contributed by atoms with Gasteiger partial charge in [0.25, 0.3) is 0 Å². The number of rotatable bonds is 1. The van der Waals surface area contributed by atoms with Crippen LogP contribution < -0.4 is 0 Å². The van der Waals surface area contributed by atoms with Gasteiger partial charge in [0, 0.05) is 0 Å². The van der Waals surface area contributed by atoms with E-state index in [9.17, 15) is 17.6 Å². The zero-order chi connectivity index (χ0) is 10.3. The van der Waals surface area contributed by atoms with E-state index >= 15 is 0 Å². The predicted octanol–water partition coefficient (Wildman–Crippen LogP) is 4.24. The van der Waals surface area contributed by atoms with Gasteiger partial charge in [0.05, 0.1) is 5.56 Å². The normalized spacial score (nSPS) is 12.9. The fraction of sp³-hybridized carbons (Fsp3) is 0.111. The van der Waals surface area contributed by atoms with E-state index in [1.54, 1.807) is 0 Å². The van der Waals surface area contributed by atoms with Gasteiger partial charge in [-0.15, -0.1) is 5.70 Å². The molecular weight excluding hydrogens is 396 g/mol. The number of nitrogens with two attached hydrogens (primary N) is 1. The molecule has 2 nitrogen and oxygen atoms in total. The summed E-state index contributed by atoms with van der Waals surface area (Å²) in [5.41, 5.74) is -0.690. The van der Waals surface area contributed by atoms with Crippen LogP contribution in [0.3, 0.4) is 0 Å². The molecule has 1 aromatic rings. The second kappa shape index (κ2) is 4.97. The summed E-state index contributed by atoms with van der Waals surface area (Å²) < 4.78 is 49.6. The van der Waals surface area contributed by atoms with E-state index in [0.717, 1.165) is 12.1 Å². The minimum absolute atomic E-state index is 0. The Hall–Kier alpha value is -0.872. The molecular formula is C9H6F4N2W. The molecule has 2 N–H and O–H groups in total. The van der Waals surface area contributed by atoms with Gasteiger partial charge in [-0.3, -0.25) is 0 Å². The van der Waals surface area contributed by atoms with Gasteiger partial charge in [0.2, 0.25) is 0 Å². The van der Waals surface area contributed by atoms with Crippen LogP contribution >= 0.6 is 0 Å². The summed E-state index contributed by atoms with van der Waals surface area (Å²) in [4.78, 5) is 0. The second-order valence-corrected chi connectivity index (χ2v) is 2.84. The van der Waals surface area contributed by atoms with Crippen LogP contribution in [0.15, 0.2) is 24.4 Å². The van der Waals surface area contributed by atoms with Gasteiger partial charge in [0.1, 0.15) is 5.82 Å². The van der Waals surface area contributed by atoms with Crippen molar-refractivity contribution < 1.29 is 38.6 Å². The fourth-order valence-corrected chi connectivity index (χ4v) is 1.07. The van der Waals surface area contributed by atoms with E-state index in [4.69, 9.17) is 0 Å². The van der Waals surface area contributed by atoms with Crippen LogP contribution in [0.1, 0.15) is 11.1 Å². The number of nitrogens with zero attached hydrogens (tertiary/aromatic N) is 1. The summed E-state index contributed by atoms with van der Waals surface area (Å²) in [5.74, 6) is -0.689. The first kappa shape index (κ1) is 15.1. The molecule has 0 atom stereocenters. The minimum Gasteiger partial charge on any atom is -0.693 e. The summed E-state index contributed by atoms with van der Waals surface area (Å²) in [5, 5.41) is 3.54. The number of benzene rings is 1. The maximum atomic E-state index is 13.0. The smallest absolute Gasteiger partial charge is 0.693 e. The van der Waals surface area contributed by atoms with E-state index < -0.39 is 17.6 Å². The Balaban J connectivity index is 0.00000112. The van der Waals surface area contributed by atoms with Crippen molar-refractivity contribution in [3.05, 3.63) is 52.8 Å². The summed E-state index contributed by atoms with van der Waals surface area (Å²) >= 11 is 0. The van der Waals surface area contributed by atoms with E-state index in [1.807, 2.05) is 0 Å². The predicted molar refractivity (Wildman–Crippen MR) is 48.0 cm³/mol. The van der Waals surface area contributed by atoms with Crippen LogP contribution in [0.2, 0.25) is 0 Å². The zero-order valence-electron chi connectivity index (χ0n) is 7.75. The molecule has 0 aliphatic carbocycles. The molecule has 1 aliphatic heterocycles. The van der Waals surface area contributed by atoms with Crippen molar-refractivity contribution in [3.8, 4) is 0 Å². The summed E-state index contributed by atoms with van der Waals surface area (Å²) in [7, 11) is 0. The Bertz CT molecular complexity index is 414. The standard InChI is InChI=1S/C9H4F4N.H2N.W/c10-7-2-1-5(9(11,12)13)3-6(7)8-4-14-8;;/h1-4H;1H2;/q2*-1;+2. The van der Waals surface area contributed by atoms with E-state index in [2.05, 4.69) is 5.32 Å². The molecule has 1 aromatic carbocycles. The van der Waals surface area contributed by atoms with Gasteiger partial charge in [0.15, 0.2) is 0 Å². The largest absolute Gasteiger partial charge is 2.00 e. The number of alkyl halides is 3.